The number of aryl methyl sites for hydroxylation is 1. The van der Waals surface area contributed by atoms with Crippen LogP contribution in [0.25, 0.3) is 0 Å². The molecule has 0 saturated heterocycles. The van der Waals surface area contributed by atoms with Crippen molar-refractivity contribution in [2.75, 3.05) is 0 Å². The van der Waals surface area contributed by atoms with Gasteiger partial charge in [-0.1, -0.05) is 30.7 Å². The summed E-state index contributed by atoms with van der Waals surface area (Å²) in [4.78, 5) is 23.3. The third-order valence-electron chi connectivity index (χ3n) is 3.28. The van der Waals surface area contributed by atoms with Crippen LogP contribution in [0, 0.1) is 0 Å². The number of carboxylic acids is 1. The van der Waals surface area contributed by atoms with E-state index in [1.807, 2.05) is 13.0 Å². The lowest BCUT2D eigenvalue weighted by Crippen LogP contribution is -2.26. The van der Waals surface area contributed by atoms with E-state index in [-0.39, 0.29) is 23.1 Å². The topological polar surface area (TPSA) is 79.5 Å². The highest BCUT2D eigenvalue weighted by Crippen LogP contribution is 2.20. The van der Waals surface area contributed by atoms with Crippen LogP contribution in [0.4, 0.5) is 0 Å². The van der Waals surface area contributed by atoms with Gasteiger partial charge in [-0.25, -0.2) is 4.79 Å². The highest BCUT2D eigenvalue weighted by Gasteiger charge is 2.21. The van der Waals surface area contributed by atoms with Crippen LogP contribution in [0.2, 0.25) is 5.02 Å². The first-order valence-corrected chi connectivity index (χ1v) is 7.22. The summed E-state index contributed by atoms with van der Waals surface area (Å²) in [7, 11) is 0. The molecule has 2 rings (SSSR count). The molecule has 0 spiro atoms. The third-order valence-corrected chi connectivity index (χ3v) is 3.52. The fraction of sp³-hybridized carbons (Fsp3) is 0.250. The maximum atomic E-state index is 12.2. The molecule has 5 nitrogen and oxygen atoms in total. The van der Waals surface area contributed by atoms with Gasteiger partial charge >= 0.3 is 5.97 Å². The summed E-state index contributed by atoms with van der Waals surface area (Å²) in [6.45, 7) is 3.58. The van der Waals surface area contributed by atoms with Gasteiger partial charge in [0.25, 0.3) is 5.91 Å². The standard InChI is InChI=1S/C16H16ClNO4/c1-3-13-12(16(20)21)8-14(22-13)15(19)18-9(2)10-5-4-6-11(17)7-10/h4-9H,3H2,1-2H3,(H,18,19)(H,20,21). The number of halogens is 1. The van der Waals surface area contributed by atoms with E-state index in [2.05, 4.69) is 5.32 Å². The molecule has 1 atom stereocenters. The number of furan rings is 1. The van der Waals surface area contributed by atoms with E-state index >= 15 is 0 Å². The van der Waals surface area contributed by atoms with Gasteiger partial charge in [0.1, 0.15) is 11.3 Å². The van der Waals surface area contributed by atoms with Crippen molar-refractivity contribution in [1.82, 2.24) is 5.32 Å². The molecule has 0 aliphatic carbocycles. The highest BCUT2D eigenvalue weighted by atomic mass is 35.5. The van der Waals surface area contributed by atoms with E-state index in [9.17, 15) is 9.59 Å². The molecular weight excluding hydrogens is 306 g/mol. The maximum absolute atomic E-state index is 12.2. The Labute approximate surface area is 132 Å². The molecule has 1 aromatic carbocycles. The summed E-state index contributed by atoms with van der Waals surface area (Å²) in [6, 6.07) is 8.12. The summed E-state index contributed by atoms with van der Waals surface area (Å²) in [5.74, 6) is -1.30. The SMILES string of the molecule is CCc1oc(C(=O)NC(C)c2cccc(Cl)c2)cc1C(=O)O. The minimum Gasteiger partial charge on any atom is -0.478 e. The molecule has 1 heterocycles. The molecule has 0 radical (unpaired) electrons. The highest BCUT2D eigenvalue weighted by molar-refractivity contribution is 6.30. The fourth-order valence-corrected chi connectivity index (χ4v) is 2.31. The van der Waals surface area contributed by atoms with Crippen molar-refractivity contribution >= 4 is 23.5 Å². The number of hydrogen-bond acceptors (Lipinski definition) is 3. The Bertz CT molecular complexity index is 708. The summed E-state index contributed by atoms with van der Waals surface area (Å²) in [5.41, 5.74) is 0.865. The first-order chi connectivity index (χ1) is 10.4. The average molecular weight is 322 g/mol. The van der Waals surface area contributed by atoms with Gasteiger partial charge in [0.05, 0.1) is 6.04 Å². The number of aromatic carboxylic acids is 1. The quantitative estimate of drug-likeness (QED) is 0.880. The van der Waals surface area contributed by atoms with Gasteiger partial charge in [0, 0.05) is 17.5 Å². The van der Waals surface area contributed by atoms with Gasteiger partial charge in [-0.2, -0.15) is 0 Å². The molecule has 22 heavy (non-hydrogen) atoms. The second kappa shape index (κ2) is 6.66. The van der Waals surface area contributed by atoms with Crippen LogP contribution in [-0.2, 0) is 6.42 Å². The first kappa shape index (κ1) is 16.1. The van der Waals surface area contributed by atoms with Crippen molar-refractivity contribution in [2.24, 2.45) is 0 Å². The zero-order valence-electron chi connectivity index (χ0n) is 12.2. The zero-order valence-corrected chi connectivity index (χ0v) is 13.0. The molecule has 1 aromatic heterocycles. The molecule has 1 unspecified atom stereocenters. The third kappa shape index (κ3) is 3.49. The molecule has 1 amide bonds. The second-order valence-corrected chi connectivity index (χ2v) is 5.29. The molecule has 2 aromatic rings. The summed E-state index contributed by atoms with van der Waals surface area (Å²) in [6.07, 6.45) is 0.402. The largest absolute Gasteiger partial charge is 0.478 e. The number of carboxylic acid groups (broad SMARTS) is 1. The van der Waals surface area contributed by atoms with Crippen molar-refractivity contribution in [3.8, 4) is 0 Å². The van der Waals surface area contributed by atoms with Crippen molar-refractivity contribution in [2.45, 2.75) is 26.3 Å². The molecule has 6 heteroatoms. The van der Waals surface area contributed by atoms with Crippen molar-refractivity contribution in [3.63, 3.8) is 0 Å². The van der Waals surface area contributed by atoms with Crippen LogP contribution in [0.1, 0.15) is 52.1 Å². The van der Waals surface area contributed by atoms with Gasteiger partial charge < -0.3 is 14.8 Å². The van der Waals surface area contributed by atoms with Crippen LogP contribution in [0.5, 0.6) is 0 Å². The van der Waals surface area contributed by atoms with Crippen LogP contribution >= 0.6 is 11.6 Å². The molecule has 0 saturated carbocycles. The average Bonchev–Trinajstić information content (AvgIpc) is 2.91. The lowest BCUT2D eigenvalue weighted by molar-refractivity contribution is 0.0694. The van der Waals surface area contributed by atoms with Gasteiger partial charge in [0.15, 0.2) is 5.76 Å². The Morgan fingerprint density at radius 3 is 2.64 bits per heavy atom. The smallest absolute Gasteiger partial charge is 0.339 e. The second-order valence-electron chi connectivity index (χ2n) is 4.86. The molecule has 116 valence electrons. The van der Waals surface area contributed by atoms with Crippen molar-refractivity contribution in [1.29, 1.82) is 0 Å². The minimum absolute atomic E-state index is 0.0110. The first-order valence-electron chi connectivity index (χ1n) is 6.84. The minimum atomic E-state index is -1.11. The van der Waals surface area contributed by atoms with Crippen molar-refractivity contribution < 1.29 is 19.1 Å². The lowest BCUT2D eigenvalue weighted by Gasteiger charge is -2.13. The summed E-state index contributed by atoms with van der Waals surface area (Å²) in [5, 5.41) is 12.4. The Balaban J connectivity index is 2.17. The lowest BCUT2D eigenvalue weighted by atomic mass is 10.1. The van der Waals surface area contributed by atoms with Gasteiger partial charge in [-0.05, 0) is 24.6 Å². The van der Waals surface area contributed by atoms with E-state index in [4.69, 9.17) is 21.1 Å². The monoisotopic (exact) mass is 321 g/mol. The molecule has 0 bridgehead atoms. The fourth-order valence-electron chi connectivity index (χ4n) is 2.11. The van der Waals surface area contributed by atoms with E-state index < -0.39 is 11.9 Å². The Hall–Kier alpha value is -2.27. The zero-order chi connectivity index (χ0) is 16.3. The van der Waals surface area contributed by atoms with Gasteiger partial charge in [-0.3, -0.25) is 4.79 Å². The molecule has 0 aliphatic rings. The van der Waals surface area contributed by atoms with Crippen LogP contribution < -0.4 is 5.32 Å². The number of carbonyl (C=O) groups is 2. The van der Waals surface area contributed by atoms with Crippen LogP contribution in [0.3, 0.4) is 0 Å². The molecular formula is C16H16ClNO4. The van der Waals surface area contributed by atoms with Gasteiger partial charge in [0.2, 0.25) is 0 Å². The molecule has 2 N–H and O–H groups in total. The Morgan fingerprint density at radius 1 is 1.36 bits per heavy atom. The van der Waals surface area contributed by atoms with E-state index in [0.717, 1.165) is 5.56 Å². The van der Waals surface area contributed by atoms with Crippen molar-refractivity contribution in [3.05, 3.63) is 58.0 Å². The number of nitrogens with one attached hydrogen (secondary N) is 1. The normalized spacial score (nSPS) is 12.0. The number of carbonyl (C=O) groups excluding carboxylic acids is 1. The summed E-state index contributed by atoms with van der Waals surface area (Å²) >= 11 is 5.92. The Morgan fingerprint density at radius 2 is 2.09 bits per heavy atom. The Kier molecular flexibility index (Phi) is 4.88. The predicted molar refractivity (Wildman–Crippen MR) is 82.4 cm³/mol. The summed E-state index contributed by atoms with van der Waals surface area (Å²) < 4.78 is 5.33. The van der Waals surface area contributed by atoms with E-state index in [1.54, 1.807) is 25.1 Å². The number of rotatable bonds is 5. The van der Waals surface area contributed by atoms with E-state index in [1.165, 1.54) is 6.07 Å². The number of hydrogen-bond donors (Lipinski definition) is 2. The van der Waals surface area contributed by atoms with E-state index in [0.29, 0.717) is 11.4 Å². The van der Waals surface area contributed by atoms with Crippen LogP contribution in [-0.4, -0.2) is 17.0 Å². The van der Waals surface area contributed by atoms with Crippen LogP contribution in [0.15, 0.2) is 34.7 Å². The van der Waals surface area contributed by atoms with Gasteiger partial charge in [-0.15, -0.1) is 0 Å². The molecule has 0 aliphatic heterocycles. The molecule has 0 fully saturated rings. The number of amides is 1. The number of benzene rings is 1. The maximum Gasteiger partial charge on any atom is 0.339 e. The predicted octanol–water partition coefficient (Wildman–Crippen LogP) is 3.68.